The van der Waals surface area contributed by atoms with Gasteiger partial charge in [0.25, 0.3) is 0 Å². The SMILES string of the molecule is COC(=O)C1=C(CC(=O)N2CCN(C3CC4CCC(C3)C4(C)O)CC2)N=C(CCc2nccs2)C(C(=O)OC)C1c1c(Cl)cccc1Cl. The van der Waals surface area contributed by atoms with Crippen LogP contribution in [0.25, 0.3) is 0 Å². The second-order valence-electron chi connectivity index (χ2n) is 13.4. The molecular weight excluding hydrogens is 675 g/mol. The summed E-state index contributed by atoms with van der Waals surface area (Å²) >= 11 is 15.0. The third kappa shape index (κ3) is 6.81. The van der Waals surface area contributed by atoms with Crippen molar-refractivity contribution >= 4 is 58.1 Å². The molecular formula is C35H42Cl2N4O6S. The molecule has 1 amide bonds. The average molecular weight is 718 g/mol. The first-order chi connectivity index (χ1) is 23.0. The molecule has 13 heteroatoms. The minimum atomic E-state index is -1.03. The van der Waals surface area contributed by atoms with Crippen molar-refractivity contribution in [1.29, 1.82) is 0 Å². The Bertz CT molecular complexity index is 1570. The predicted molar refractivity (Wildman–Crippen MR) is 184 cm³/mol. The number of nitrogens with zero attached hydrogens (tertiary/aromatic N) is 4. The van der Waals surface area contributed by atoms with Gasteiger partial charge in [-0.05, 0) is 68.6 Å². The molecule has 3 fully saturated rings. The first-order valence-corrected chi connectivity index (χ1v) is 18.2. The Morgan fingerprint density at radius 1 is 1.02 bits per heavy atom. The third-order valence-electron chi connectivity index (χ3n) is 11.0. The van der Waals surface area contributed by atoms with Crippen LogP contribution in [-0.2, 0) is 30.3 Å². The summed E-state index contributed by atoms with van der Waals surface area (Å²) in [5, 5.41) is 14.2. The lowest BCUT2D eigenvalue weighted by molar-refractivity contribution is -0.143. The molecule has 0 radical (unpaired) electrons. The molecule has 2 saturated carbocycles. The van der Waals surface area contributed by atoms with Crippen molar-refractivity contribution in [2.45, 2.75) is 69.4 Å². The van der Waals surface area contributed by atoms with Gasteiger partial charge in [0.05, 0.1) is 42.5 Å². The largest absolute Gasteiger partial charge is 0.468 e. The average Bonchev–Trinajstić information content (AvgIpc) is 3.61. The number of ether oxygens (including phenoxy) is 2. The van der Waals surface area contributed by atoms with Crippen LogP contribution in [0.5, 0.6) is 0 Å². The van der Waals surface area contributed by atoms with E-state index in [0.29, 0.717) is 55.1 Å². The van der Waals surface area contributed by atoms with Crippen LogP contribution in [0.1, 0.15) is 61.9 Å². The van der Waals surface area contributed by atoms with E-state index >= 15 is 0 Å². The number of piperazine rings is 1. The lowest BCUT2D eigenvalue weighted by Crippen LogP contribution is -2.55. The first-order valence-electron chi connectivity index (χ1n) is 16.6. The molecule has 1 N–H and O–H groups in total. The maximum atomic E-state index is 14.0. The number of hydrogen-bond donors (Lipinski definition) is 1. The van der Waals surface area contributed by atoms with Crippen molar-refractivity contribution in [3.63, 3.8) is 0 Å². The number of halogens is 2. The van der Waals surface area contributed by atoms with Gasteiger partial charge in [0.15, 0.2) is 0 Å². The molecule has 2 bridgehead atoms. The minimum Gasteiger partial charge on any atom is -0.468 e. The minimum absolute atomic E-state index is 0.0672. The summed E-state index contributed by atoms with van der Waals surface area (Å²) in [6.07, 6.45) is 6.52. The number of benzene rings is 1. The highest BCUT2D eigenvalue weighted by molar-refractivity contribution is 7.09. The summed E-state index contributed by atoms with van der Waals surface area (Å²) in [4.78, 5) is 54.7. The Morgan fingerprint density at radius 2 is 1.69 bits per heavy atom. The molecule has 3 heterocycles. The molecule has 1 aromatic carbocycles. The van der Waals surface area contributed by atoms with E-state index in [-0.39, 0.29) is 33.6 Å². The standard InChI is InChI=1S/C35H42Cl2N4O6S/c1-35(45)20-7-8-21(35)18-22(17-20)40-12-14-41(15-13-40)28(42)19-26-31(34(44)47-3)32(29-23(36)5-4-6-24(29)37)30(33(43)46-2)25(39-26)9-10-27-38-11-16-48-27/h4-6,11,16,20-22,30,32,45H,7-10,12-15,17-19H2,1-3H3. The van der Waals surface area contributed by atoms with Gasteiger partial charge in [0, 0.05) is 71.9 Å². The molecule has 0 spiro atoms. The van der Waals surface area contributed by atoms with Gasteiger partial charge in [-0.25, -0.2) is 9.78 Å². The maximum Gasteiger partial charge on any atom is 0.336 e. The zero-order valence-electron chi connectivity index (χ0n) is 27.5. The normalized spacial score (nSPS) is 29.1. The Labute approximate surface area is 295 Å². The Kier molecular flexibility index (Phi) is 10.6. The quantitative estimate of drug-likeness (QED) is 0.347. The number of rotatable bonds is 9. The van der Waals surface area contributed by atoms with Crippen LogP contribution in [0.3, 0.4) is 0 Å². The van der Waals surface area contributed by atoms with Gasteiger partial charge in [-0.3, -0.25) is 19.5 Å². The second kappa shape index (κ2) is 14.6. The van der Waals surface area contributed by atoms with E-state index in [1.54, 1.807) is 24.4 Å². The van der Waals surface area contributed by atoms with Crippen molar-refractivity contribution in [2.75, 3.05) is 40.4 Å². The van der Waals surface area contributed by atoms with Crippen LogP contribution in [0, 0.1) is 17.8 Å². The van der Waals surface area contributed by atoms with Crippen LogP contribution in [0.2, 0.25) is 10.0 Å². The molecule has 2 aliphatic heterocycles. The number of carbonyl (C=O) groups is 3. The molecule has 1 aromatic heterocycles. The zero-order chi connectivity index (χ0) is 34.2. The van der Waals surface area contributed by atoms with Crippen molar-refractivity contribution < 1.29 is 29.0 Å². The van der Waals surface area contributed by atoms with E-state index in [0.717, 1.165) is 43.8 Å². The summed E-state index contributed by atoms with van der Waals surface area (Å²) in [5.74, 6) is -2.86. The topological polar surface area (TPSA) is 122 Å². The number of thiazole rings is 1. The third-order valence-corrected chi connectivity index (χ3v) is 12.5. The second-order valence-corrected chi connectivity index (χ2v) is 15.2. The van der Waals surface area contributed by atoms with Gasteiger partial charge in [-0.15, -0.1) is 11.3 Å². The van der Waals surface area contributed by atoms with Gasteiger partial charge >= 0.3 is 11.9 Å². The zero-order valence-corrected chi connectivity index (χ0v) is 29.8. The van der Waals surface area contributed by atoms with Gasteiger partial charge in [0.2, 0.25) is 5.91 Å². The molecule has 258 valence electrons. The molecule has 4 unspecified atom stereocenters. The fourth-order valence-electron chi connectivity index (χ4n) is 8.35. The fourth-order valence-corrected chi connectivity index (χ4v) is 9.60. The van der Waals surface area contributed by atoms with E-state index in [4.69, 9.17) is 37.7 Å². The summed E-state index contributed by atoms with van der Waals surface area (Å²) in [6, 6.07) is 5.40. The molecule has 4 atom stereocenters. The molecule has 1 saturated heterocycles. The van der Waals surface area contributed by atoms with Crippen molar-refractivity contribution in [1.82, 2.24) is 14.8 Å². The highest BCUT2D eigenvalue weighted by Crippen LogP contribution is 2.51. The number of esters is 2. The fraction of sp³-hybridized carbons (Fsp3) is 0.571. The highest BCUT2D eigenvalue weighted by atomic mass is 35.5. The van der Waals surface area contributed by atoms with Crippen molar-refractivity contribution in [2.24, 2.45) is 22.7 Å². The van der Waals surface area contributed by atoms with Crippen molar-refractivity contribution in [3.05, 3.63) is 61.7 Å². The van der Waals surface area contributed by atoms with E-state index < -0.39 is 29.4 Å². The lowest BCUT2D eigenvalue weighted by Gasteiger charge is -2.46. The number of fused-ring (bicyclic) bond motifs is 2. The number of aliphatic hydroxyl groups is 1. The number of methoxy groups -OCH3 is 2. The summed E-state index contributed by atoms with van der Waals surface area (Å²) in [6.45, 7) is 4.58. The molecule has 10 nitrogen and oxygen atoms in total. The number of aromatic nitrogens is 1. The lowest BCUT2D eigenvalue weighted by atomic mass is 9.73. The highest BCUT2D eigenvalue weighted by Gasteiger charge is 2.51. The van der Waals surface area contributed by atoms with Crippen LogP contribution in [-0.4, -0.2) is 95.5 Å². The predicted octanol–water partition coefficient (Wildman–Crippen LogP) is 5.31. The van der Waals surface area contributed by atoms with Gasteiger partial charge in [-0.1, -0.05) is 29.3 Å². The molecule has 4 aliphatic rings. The summed E-state index contributed by atoms with van der Waals surface area (Å²) in [7, 11) is 2.54. The van der Waals surface area contributed by atoms with E-state index in [1.807, 2.05) is 17.2 Å². The summed E-state index contributed by atoms with van der Waals surface area (Å²) in [5.41, 5.74) is 0.560. The van der Waals surface area contributed by atoms with Gasteiger partial charge < -0.3 is 19.5 Å². The number of aryl methyl sites for hydroxylation is 1. The number of amides is 1. The Hall–Kier alpha value is -2.83. The molecule has 2 aromatic rings. The van der Waals surface area contributed by atoms with Crippen LogP contribution >= 0.6 is 34.5 Å². The first kappa shape index (κ1) is 35.0. The number of hydrogen-bond acceptors (Lipinski definition) is 10. The maximum absolute atomic E-state index is 14.0. The molecule has 48 heavy (non-hydrogen) atoms. The molecule has 2 aliphatic carbocycles. The van der Waals surface area contributed by atoms with E-state index in [9.17, 15) is 19.5 Å². The smallest absolute Gasteiger partial charge is 0.336 e. The van der Waals surface area contributed by atoms with Gasteiger partial charge in [0.1, 0.15) is 5.92 Å². The van der Waals surface area contributed by atoms with E-state index in [1.165, 1.54) is 25.6 Å². The van der Waals surface area contributed by atoms with Crippen LogP contribution in [0.15, 0.2) is 46.0 Å². The van der Waals surface area contributed by atoms with Crippen LogP contribution < -0.4 is 0 Å². The molecule has 6 rings (SSSR count). The van der Waals surface area contributed by atoms with Crippen LogP contribution in [0.4, 0.5) is 0 Å². The Morgan fingerprint density at radius 3 is 2.27 bits per heavy atom. The number of carbonyl (C=O) groups excluding carboxylic acids is 3. The van der Waals surface area contributed by atoms with Gasteiger partial charge in [-0.2, -0.15) is 0 Å². The Balaban J connectivity index is 1.29. The number of aliphatic imine (C=N–C) groups is 1. The monoisotopic (exact) mass is 716 g/mol. The summed E-state index contributed by atoms with van der Waals surface area (Å²) < 4.78 is 10.5. The van der Waals surface area contributed by atoms with Crippen molar-refractivity contribution in [3.8, 4) is 0 Å². The van der Waals surface area contributed by atoms with E-state index in [2.05, 4.69) is 9.88 Å².